The van der Waals surface area contributed by atoms with Crippen LogP contribution >= 0.6 is 11.3 Å². The molecule has 1 nitrogen and oxygen atoms in total. The predicted molar refractivity (Wildman–Crippen MR) is 258 cm³/mol. The van der Waals surface area contributed by atoms with Gasteiger partial charge in [0.05, 0.1) is 5.69 Å². The van der Waals surface area contributed by atoms with Crippen LogP contribution in [0.3, 0.4) is 0 Å². The number of nitrogens with zero attached hydrogens (tertiary/aromatic N) is 1. The van der Waals surface area contributed by atoms with Crippen LogP contribution < -0.4 is 4.90 Å². The van der Waals surface area contributed by atoms with E-state index >= 15 is 0 Å². The number of fused-ring (bicyclic) bond motifs is 11. The van der Waals surface area contributed by atoms with Crippen LogP contribution in [0.5, 0.6) is 0 Å². The van der Waals surface area contributed by atoms with Crippen molar-refractivity contribution in [2.24, 2.45) is 0 Å². The topological polar surface area (TPSA) is 3.24 Å². The van der Waals surface area contributed by atoms with Gasteiger partial charge in [-0.05, 0) is 114 Å². The Hall–Kier alpha value is -6.74. The van der Waals surface area contributed by atoms with Crippen LogP contribution in [0.4, 0.5) is 17.1 Å². The largest absolute Gasteiger partial charge is 0.310 e. The van der Waals surface area contributed by atoms with Gasteiger partial charge in [0.2, 0.25) is 0 Å². The number of rotatable bonds is 5. The van der Waals surface area contributed by atoms with E-state index in [9.17, 15) is 0 Å². The Labute approximate surface area is 355 Å². The fourth-order valence-corrected chi connectivity index (χ4v) is 12.1. The van der Waals surface area contributed by atoms with E-state index in [0.29, 0.717) is 0 Å². The lowest BCUT2D eigenvalue weighted by Crippen LogP contribution is -2.16. The minimum absolute atomic E-state index is 0.106. The first-order valence-corrected chi connectivity index (χ1v) is 21.9. The van der Waals surface area contributed by atoms with Crippen molar-refractivity contribution >= 4 is 59.3 Å². The minimum atomic E-state index is -0.116. The van der Waals surface area contributed by atoms with E-state index < -0.39 is 0 Å². The lowest BCUT2D eigenvalue weighted by atomic mass is 9.78. The third-order valence-corrected chi connectivity index (χ3v) is 14.9. The summed E-state index contributed by atoms with van der Waals surface area (Å²) in [6.07, 6.45) is 0. The normalized spacial score (nSPS) is 14.3. The molecular formula is C58H43NS. The van der Waals surface area contributed by atoms with Gasteiger partial charge in [0.15, 0.2) is 0 Å². The highest BCUT2D eigenvalue weighted by Gasteiger charge is 2.38. The van der Waals surface area contributed by atoms with Crippen LogP contribution in [0.25, 0.3) is 75.5 Å². The minimum Gasteiger partial charge on any atom is -0.310 e. The van der Waals surface area contributed by atoms with E-state index in [1.54, 1.807) is 0 Å². The van der Waals surface area contributed by atoms with E-state index in [0.717, 1.165) is 11.4 Å². The molecule has 0 unspecified atom stereocenters. The number of hydrogen-bond donors (Lipinski definition) is 0. The van der Waals surface area contributed by atoms with Gasteiger partial charge in [-0.3, -0.25) is 0 Å². The van der Waals surface area contributed by atoms with Crippen molar-refractivity contribution in [3.63, 3.8) is 0 Å². The average Bonchev–Trinajstić information content (AvgIpc) is 3.87. The van der Waals surface area contributed by atoms with Crippen molar-refractivity contribution in [2.75, 3.05) is 4.90 Å². The van der Waals surface area contributed by atoms with Crippen molar-refractivity contribution in [1.82, 2.24) is 0 Å². The van der Waals surface area contributed by atoms with Gasteiger partial charge in [-0.15, -0.1) is 11.3 Å². The summed E-state index contributed by atoms with van der Waals surface area (Å²) >= 11 is 1.90. The van der Waals surface area contributed by atoms with Gasteiger partial charge in [-0.1, -0.05) is 179 Å². The van der Waals surface area contributed by atoms with E-state index in [-0.39, 0.29) is 10.8 Å². The van der Waals surface area contributed by atoms with Gasteiger partial charge in [-0.25, -0.2) is 0 Å². The molecule has 2 heteroatoms. The Morgan fingerprint density at radius 2 is 0.983 bits per heavy atom. The van der Waals surface area contributed by atoms with E-state index in [4.69, 9.17) is 0 Å². The molecule has 0 spiro atoms. The molecule has 1 heterocycles. The molecule has 0 fully saturated rings. The molecule has 60 heavy (non-hydrogen) atoms. The molecule has 12 rings (SSSR count). The highest BCUT2D eigenvalue weighted by atomic mass is 32.1. The van der Waals surface area contributed by atoms with Crippen LogP contribution in [0, 0.1) is 0 Å². The summed E-state index contributed by atoms with van der Waals surface area (Å²) in [6, 6.07) is 70.4. The molecule has 0 aliphatic heterocycles. The molecule has 2 aliphatic carbocycles. The fraction of sp³-hybridized carbons (Fsp3) is 0.103. The van der Waals surface area contributed by atoms with Crippen LogP contribution in [0.2, 0.25) is 0 Å². The first-order valence-electron chi connectivity index (χ1n) is 21.1. The fourth-order valence-electron chi connectivity index (χ4n) is 10.8. The summed E-state index contributed by atoms with van der Waals surface area (Å²) in [7, 11) is 0. The van der Waals surface area contributed by atoms with Crippen molar-refractivity contribution in [1.29, 1.82) is 0 Å². The van der Waals surface area contributed by atoms with E-state index in [1.807, 2.05) is 11.3 Å². The Bertz CT molecular complexity index is 3380. The van der Waals surface area contributed by atoms with E-state index in [1.165, 1.54) is 103 Å². The predicted octanol–water partition coefficient (Wildman–Crippen LogP) is 16.6. The summed E-state index contributed by atoms with van der Waals surface area (Å²) in [4.78, 5) is 2.50. The van der Waals surface area contributed by atoms with Crippen molar-refractivity contribution in [3.05, 3.63) is 210 Å². The third kappa shape index (κ3) is 4.98. The molecule has 0 radical (unpaired) electrons. The molecule has 1 aromatic heterocycles. The van der Waals surface area contributed by atoms with Gasteiger partial charge < -0.3 is 4.90 Å². The average molecular weight is 786 g/mol. The van der Waals surface area contributed by atoms with Crippen molar-refractivity contribution in [3.8, 4) is 44.5 Å². The van der Waals surface area contributed by atoms with Crippen LogP contribution in [-0.4, -0.2) is 0 Å². The van der Waals surface area contributed by atoms with Gasteiger partial charge in [0, 0.05) is 42.4 Å². The molecule has 0 saturated carbocycles. The van der Waals surface area contributed by atoms with Crippen molar-refractivity contribution in [2.45, 2.75) is 38.5 Å². The lowest BCUT2D eigenvalue weighted by molar-refractivity contribution is 0.660. The maximum atomic E-state index is 2.50. The molecular weight excluding hydrogens is 743 g/mol. The number of anilines is 3. The molecule has 0 bridgehead atoms. The molecule has 286 valence electrons. The molecule has 0 N–H and O–H groups in total. The maximum absolute atomic E-state index is 2.50. The van der Waals surface area contributed by atoms with Crippen LogP contribution in [0.1, 0.15) is 49.9 Å². The quantitative estimate of drug-likeness (QED) is 0.168. The van der Waals surface area contributed by atoms with E-state index in [2.05, 4.69) is 221 Å². The van der Waals surface area contributed by atoms with Gasteiger partial charge in [0.1, 0.15) is 0 Å². The second kappa shape index (κ2) is 12.9. The lowest BCUT2D eigenvalue weighted by Gasteiger charge is -2.29. The molecule has 0 amide bonds. The number of benzene rings is 9. The Morgan fingerprint density at radius 3 is 1.77 bits per heavy atom. The zero-order valence-corrected chi connectivity index (χ0v) is 35.1. The first kappa shape index (κ1) is 35.2. The zero-order chi connectivity index (χ0) is 40.3. The molecule has 9 aromatic carbocycles. The summed E-state index contributed by atoms with van der Waals surface area (Å²) in [5.74, 6) is 0. The third-order valence-electron chi connectivity index (χ3n) is 13.7. The molecule has 2 aliphatic rings. The smallest absolute Gasteiger partial charge is 0.0554 e. The molecule has 0 saturated heterocycles. The number of hydrogen-bond acceptors (Lipinski definition) is 2. The number of thiophene rings is 1. The van der Waals surface area contributed by atoms with Crippen LogP contribution in [-0.2, 0) is 10.8 Å². The SMILES string of the molecule is CC1(C)c2ccccc2-c2ccc(N(c3ccc(-c4ccccc4-c4cccc5c4C(C)(C)c4ccccc4-5)cc3)c3cccc4sc5c6ccccc6ccc5c34)cc21. The standard InChI is InChI=1S/C58H43NS/c1-57(2)49-23-11-9-19-43(49)45-34-32-39(35-51(45)57)59(52-25-14-26-53-54(52)48-33-29-36-15-5-6-17-41(36)56(48)60-53)38-30-27-37(28-31-38)40-16-7-8-18-42(40)46-21-13-22-47-44-20-10-12-24-50(44)58(3,4)55(46)47/h5-35H,1-4H3. The Kier molecular flexibility index (Phi) is 7.56. The zero-order valence-electron chi connectivity index (χ0n) is 34.3. The van der Waals surface area contributed by atoms with Gasteiger partial charge >= 0.3 is 0 Å². The van der Waals surface area contributed by atoms with Crippen molar-refractivity contribution < 1.29 is 0 Å². The highest BCUT2D eigenvalue weighted by Crippen LogP contribution is 2.54. The Balaban J connectivity index is 1.04. The second-order valence-corrected chi connectivity index (χ2v) is 18.7. The van der Waals surface area contributed by atoms with Crippen LogP contribution in [0.15, 0.2) is 188 Å². The summed E-state index contributed by atoms with van der Waals surface area (Å²) in [5.41, 5.74) is 19.2. The first-order chi connectivity index (χ1) is 29.3. The Morgan fingerprint density at radius 1 is 0.400 bits per heavy atom. The molecule has 10 aromatic rings. The second-order valence-electron chi connectivity index (χ2n) is 17.6. The van der Waals surface area contributed by atoms with Gasteiger partial charge in [0.25, 0.3) is 0 Å². The van der Waals surface area contributed by atoms with Gasteiger partial charge in [-0.2, -0.15) is 0 Å². The molecule has 0 atom stereocenters. The summed E-state index contributed by atoms with van der Waals surface area (Å²) in [5, 5.41) is 5.18. The highest BCUT2D eigenvalue weighted by molar-refractivity contribution is 7.26. The maximum Gasteiger partial charge on any atom is 0.0554 e. The summed E-state index contributed by atoms with van der Waals surface area (Å²) < 4.78 is 2.63. The monoisotopic (exact) mass is 785 g/mol. The summed E-state index contributed by atoms with van der Waals surface area (Å²) in [6.45, 7) is 9.51.